The van der Waals surface area contributed by atoms with Crippen molar-refractivity contribution < 1.29 is 19.1 Å². The number of aromatic nitrogens is 1. The van der Waals surface area contributed by atoms with E-state index in [9.17, 15) is 14.7 Å². The minimum atomic E-state index is -1.06. The molecular weight excluding hydrogens is 284 g/mol. The summed E-state index contributed by atoms with van der Waals surface area (Å²) in [6.07, 6.45) is 2.91. The van der Waals surface area contributed by atoms with Gasteiger partial charge in [-0.3, -0.25) is 4.79 Å². The van der Waals surface area contributed by atoms with E-state index in [-0.39, 0.29) is 0 Å². The summed E-state index contributed by atoms with van der Waals surface area (Å²) >= 11 is 0. The number of aliphatic carboxylic acids is 1. The minimum Gasteiger partial charge on any atom is -0.480 e. The summed E-state index contributed by atoms with van der Waals surface area (Å²) in [4.78, 5) is 27.3. The second-order valence-electron chi connectivity index (χ2n) is 6.05. The van der Waals surface area contributed by atoms with Crippen LogP contribution in [-0.4, -0.2) is 28.0 Å². The number of carbonyl (C=O) groups excluding carboxylic acids is 1. The highest BCUT2D eigenvalue weighted by Gasteiger charge is 2.32. The van der Waals surface area contributed by atoms with Gasteiger partial charge in [0, 0.05) is 11.1 Å². The van der Waals surface area contributed by atoms with Crippen molar-refractivity contribution >= 4 is 11.9 Å². The smallest absolute Gasteiger partial charge is 0.326 e. The van der Waals surface area contributed by atoms with Crippen molar-refractivity contribution in [1.29, 1.82) is 0 Å². The van der Waals surface area contributed by atoms with Crippen molar-refractivity contribution in [3.05, 3.63) is 42.4 Å². The van der Waals surface area contributed by atoms with Crippen LogP contribution in [0.1, 0.15) is 31.1 Å². The molecule has 1 amide bonds. The Morgan fingerprint density at radius 1 is 1.23 bits per heavy atom. The Labute approximate surface area is 128 Å². The molecule has 1 heterocycles. The quantitative estimate of drug-likeness (QED) is 0.905. The molecule has 0 aliphatic rings. The number of carboxylic acids is 1. The Hall–Kier alpha value is -2.63. The zero-order valence-electron chi connectivity index (χ0n) is 12.7. The first kappa shape index (κ1) is 15.8. The van der Waals surface area contributed by atoms with E-state index in [0.717, 1.165) is 5.56 Å². The van der Waals surface area contributed by atoms with Gasteiger partial charge in [-0.25, -0.2) is 9.78 Å². The molecule has 0 spiro atoms. The number of amides is 1. The van der Waals surface area contributed by atoms with Crippen molar-refractivity contribution in [2.75, 3.05) is 0 Å². The molecule has 0 fully saturated rings. The molecule has 1 aromatic carbocycles. The molecule has 6 nitrogen and oxygen atoms in total. The van der Waals surface area contributed by atoms with Gasteiger partial charge in [0.05, 0.1) is 6.20 Å². The first-order valence-corrected chi connectivity index (χ1v) is 6.81. The number of benzene rings is 1. The summed E-state index contributed by atoms with van der Waals surface area (Å²) in [5.74, 6) is -0.879. The van der Waals surface area contributed by atoms with Crippen LogP contribution < -0.4 is 5.32 Å². The number of rotatable bonds is 4. The number of hydrogen-bond acceptors (Lipinski definition) is 4. The highest BCUT2D eigenvalue weighted by molar-refractivity contribution is 5.97. The van der Waals surface area contributed by atoms with Crippen molar-refractivity contribution in [1.82, 2.24) is 10.3 Å². The normalized spacial score (nSPS) is 12.7. The number of nitrogens with one attached hydrogen (secondary N) is 1. The molecule has 0 bridgehead atoms. The van der Waals surface area contributed by atoms with Crippen LogP contribution in [-0.2, 0) is 4.79 Å². The van der Waals surface area contributed by atoms with Crippen molar-refractivity contribution in [2.45, 2.75) is 26.8 Å². The third-order valence-corrected chi connectivity index (χ3v) is 3.25. The fourth-order valence-corrected chi connectivity index (χ4v) is 2.01. The van der Waals surface area contributed by atoms with Gasteiger partial charge in [-0.15, -0.1) is 0 Å². The summed E-state index contributed by atoms with van der Waals surface area (Å²) in [6, 6.07) is 5.72. The maximum Gasteiger partial charge on any atom is 0.326 e. The molecule has 116 valence electrons. The van der Waals surface area contributed by atoms with Crippen molar-refractivity contribution in [2.24, 2.45) is 5.41 Å². The fourth-order valence-electron chi connectivity index (χ4n) is 2.01. The average molecular weight is 302 g/mol. The average Bonchev–Trinajstić information content (AvgIpc) is 2.97. The maximum atomic E-state index is 12.2. The first-order chi connectivity index (χ1) is 10.3. The molecule has 2 aromatic rings. The molecule has 0 aliphatic carbocycles. The Bertz CT molecular complexity index is 654. The molecule has 6 heteroatoms. The van der Waals surface area contributed by atoms with Crippen LogP contribution in [0.15, 0.2) is 41.3 Å². The lowest BCUT2D eigenvalue weighted by atomic mass is 9.86. The molecule has 0 saturated heterocycles. The van der Waals surface area contributed by atoms with Crippen LogP contribution in [0.25, 0.3) is 11.3 Å². The fraction of sp³-hybridized carbons (Fsp3) is 0.312. The summed E-state index contributed by atoms with van der Waals surface area (Å²) in [5.41, 5.74) is 0.597. The van der Waals surface area contributed by atoms with E-state index in [1.54, 1.807) is 51.2 Å². The number of oxazole rings is 1. The summed E-state index contributed by atoms with van der Waals surface area (Å²) in [6.45, 7) is 5.29. The van der Waals surface area contributed by atoms with Crippen LogP contribution in [0.2, 0.25) is 0 Å². The predicted molar refractivity (Wildman–Crippen MR) is 80.3 cm³/mol. The van der Waals surface area contributed by atoms with Crippen LogP contribution in [0, 0.1) is 5.41 Å². The maximum absolute atomic E-state index is 12.2. The predicted octanol–water partition coefficient (Wildman–Crippen LogP) is 2.57. The molecule has 2 rings (SSSR count). The largest absolute Gasteiger partial charge is 0.480 e. The number of hydrogen-bond donors (Lipinski definition) is 2. The zero-order valence-corrected chi connectivity index (χ0v) is 12.7. The van der Waals surface area contributed by atoms with Crippen LogP contribution in [0.3, 0.4) is 0 Å². The van der Waals surface area contributed by atoms with Gasteiger partial charge in [-0.1, -0.05) is 32.9 Å². The number of carbonyl (C=O) groups is 2. The number of carboxylic acid groups (broad SMARTS) is 1. The van der Waals surface area contributed by atoms with Gasteiger partial charge in [-0.05, 0) is 17.5 Å². The number of nitrogens with zero attached hydrogens (tertiary/aromatic N) is 1. The van der Waals surface area contributed by atoms with Crippen molar-refractivity contribution in [3.63, 3.8) is 0 Å². The Kier molecular flexibility index (Phi) is 4.30. The van der Waals surface area contributed by atoms with E-state index in [1.165, 1.54) is 6.39 Å². The second kappa shape index (κ2) is 6.01. The standard InChI is InChI=1S/C16H18N2O4/c1-16(2,3)13(15(20)21)18-14(19)11-6-4-10(5-7-11)12-8-17-9-22-12/h4-9,13H,1-3H3,(H,18,19)(H,20,21)/t13-/m1/s1. The molecule has 22 heavy (non-hydrogen) atoms. The summed E-state index contributed by atoms with van der Waals surface area (Å²) < 4.78 is 5.17. The Balaban J connectivity index is 2.14. The first-order valence-electron chi connectivity index (χ1n) is 6.81. The third kappa shape index (κ3) is 3.52. The Morgan fingerprint density at radius 2 is 1.86 bits per heavy atom. The lowest BCUT2D eigenvalue weighted by Crippen LogP contribution is -2.49. The molecule has 0 aliphatic heterocycles. The van der Waals surface area contributed by atoms with Gasteiger partial charge in [0.15, 0.2) is 12.2 Å². The van der Waals surface area contributed by atoms with E-state index in [1.807, 2.05) is 0 Å². The van der Waals surface area contributed by atoms with E-state index in [4.69, 9.17) is 4.42 Å². The van der Waals surface area contributed by atoms with Gasteiger partial charge >= 0.3 is 5.97 Å². The van der Waals surface area contributed by atoms with Gasteiger partial charge < -0.3 is 14.8 Å². The van der Waals surface area contributed by atoms with E-state index >= 15 is 0 Å². The molecule has 0 radical (unpaired) electrons. The summed E-state index contributed by atoms with van der Waals surface area (Å²) in [5, 5.41) is 11.8. The van der Waals surface area contributed by atoms with Gasteiger partial charge in [0.2, 0.25) is 0 Å². The lowest BCUT2D eigenvalue weighted by molar-refractivity contribution is -0.142. The monoisotopic (exact) mass is 302 g/mol. The SMILES string of the molecule is CC(C)(C)[C@H](NC(=O)c1ccc(-c2cnco2)cc1)C(=O)O. The minimum absolute atomic E-state index is 0.388. The topological polar surface area (TPSA) is 92.4 Å². The second-order valence-corrected chi connectivity index (χ2v) is 6.05. The molecule has 2 N–H and O–H groups in total. The highest BCUT2D eigenvalue weighted by atomic mass is 16.4. The Morgan fingerprint density at radius 3 is 2.32 bits per heavy atom. The van der Waals surface area contributed by atoms with Gasteiger partial charge in [0.25, 0.3) is 5.91 Å². The third-order valence-electron chi connectivity index (χ3n) is 3.25. The van der Waals surface area contributed by atoms with Gasteiger partial charge in [-0.2, -0.15) is 0 Å². The van der Waals surface area contributed by atoms with Gasteiger partial charge in [0.1, 0.15) is 6.04 Å². The highest BCUT2D eigenvalue weighted by Crippen LogP contribution is 2.21. The van der Waals surface area contributed by atoms with E-state index in [0.29, 0.717) is 11.3 Å². The molecule has 1 atom stereocenters. The molecule has 0 unspecified atom stereocenters. The van der Waals surface area contributed by atoms with E-state index in [2.05, 4.69) is 10.3 Å². The van der Waals surface area contributed by atoms with Crippen LogP contribution >= 0.6 is 0 Å². The summed E-state index contributed by atoms with van der Waals surface area (Å²) in [7, 11) is 0. The lowest BCUT2D eigenvalue weighted by Gasteiger charge is -2.27. The molecule has 1 aromatic heterocycles. The molecule has 0 saturated carbocycles. The zero-order chi connectivity index (χ0) is 16.3. The van der Waals surface area contributed by atoms with Crippen LogP contribution in [0.4, 0.5) is 0 Å². The van der Waals surface area contributed by atoms with E-state index < -0.39 is 23.3 Å². The van der Waals surface area contributed by atoms with Crippen LogP contribution in [0.5, 0.6) is 0 Å². The van der Waals surface area contributed by atoms with Crippen molar-refractivity contribution in [3.8, 4) is 11.3 Å². The molecular formula is C16H18N2O4.